The van der Waals surface area contributed by atoms with Gasteiger partial charge < -0.3 is 15.9 Å². The lowest BCUT2D eigenvalue weighted by Gasteiger charge is -2.16. The van der Waals surface area contributed by atoms with Gasteiger partial charge in [0, 0.05) is 19.7 Å². The lowest BCUT2D eigenvalue weighted by molar-refractivity contribution is 0.249. The van der Waals surface area contributed by atoms with Gasteiger partial charge in [0.2, 0.25) is 0 Å². The molecule has 1 atom stereocenters. The molecule has 1 unspecified atom stereocenters. The fourth-order valence-electron chi connectivity index (χ4n) is 2.44. The molecule has 1 fully saturated rings. The topological polar surface area (TPSA) is 69.7 Å². The summed E-state index contributed by atoms with van der Waals surface area (Å²) in [4.78, 5) is 2.37. The standard InChI is InChI=1S/C13H20N2O2/c14-12-7-11(1-2-13(12)17)9-15-5-3-10(8-15)4-6-16/h1-2,7,10,16-17H,3-6,8-9,14H2. The van der Waals surface area contributed by atoms with Crippen LogP contribution in [0.2, 0.25) is 0 Å². The maximum absolute atomic E-state index is 9.35. The monoisotopic (exact) mass is 236 g/mol. The molecular weight excluding hydrogens is 216 g/mol. The van der Waals surface area contributed by atoms with E-state index in [0.29, 0.717) is 11.6 Å². The number of nitrogen functional groups attached to an aromatic ring is 1. The Morgan fingerprint density at radius 1 is 1.41 bits per heavy atom. The average molecular weight is 236 g/mol. The number of likely N-dealkylation sites (tertiary alicyclic amines) is 1. The van der Waals surface area contributed by atoms with Crippen molar-refractivity contribution in [3.8, 4) is 5.75 Å². The van der Waals surface area contributed by atoms with Gasteiger partial charge in [0.1, 0.15) is 5.75 Å². The first kappa shape index (κ1) is 12.2. The summed E-state index contributed by atoms with van der Waals surface area (Å²) in [5, 5.41) is 18.3. The quantitative estimate of drug-likeness (QED) is 0.542. The third-order valence-electron chi connectivity index (χ3n) is 3.41. The fraction of sp³-hybridized carbons (Fsp3) is 0.538. The molecule has 0 radical (unpaired) electrons. The van der Waals surface area contributed by atoms with Crippen molar-refractivity contribution in [2.75, 3.05) is 25.4 Å². The summed E-state index contributed by atoms with van der Waals surface area (Å²) >= 11 is 0. The molecule has 0 aliphatic carbocycles. The van der Waals surface area contributed by atoms with Gasteiger partial charge in [-0.3, -0.25) is 4.90 Å². The minimum absolute atomic E-state index is 0.147. The van der Waals surface area contributed by atoms with Crippen LogP contribution in [0.3, 0.4) is 0 Å². The van der Waals surface area contributed by atoms with E-state index in [9.17, 15) is 5.11 Å². The highest BCUT2D eigenvalue weighted by atomic mass is 16.3. The van der Waals surface area contributed by atoms with E-state index < -0.39 is 0 Å². The molecule has 0 aromatic heterocycles. The van der Waals surface area contributed by atoms with E-state index in [1.54, 1.807) is 6.07 Å². The van der Waals surface area contributed by atoms with Crippen LogP contribution in [0.15, 0.2) is 18.2 Å². The zero-order valence-electron chi connectivity index (χ0n) is 9.97. The third-order valence-corrected chi connectivity index (χ3v) is 3.41. The minimum Gasteiger partial charge on any atom is -0.506 e. The summed E-state index contributed by atoms with van der Waals surface area (Å²) in [6.07, 6.45) is 2.06. The lowest BCUT2D eigenvalue weighted by atomic mass is 10.1. The highest BCUT2D eigenvalue weighted by molar-refractivity contribution is 5.53. The van der Waals surface area contributed by atoms with Gasteiger partial charge >= 0.3 is 0 Å². The van der Waals surface area contributed by atoms with Gasteiger partial charge in [0.05, 0.1) is 5.69 Å². The number of nitrogens with two attached hydrogens (primary N) is 1. The smallest absolute Gasteiger partial charge is 0.138 e. The van der Waals surface area contributed by atoms with Crippen LogP contribution in [-0.2, 0) is 6.54 Å². The molecule has 0 saturated carbocycles. The van der Waals surface area contributed by atoms with E-state index in [-0.39, 0.29) is 12.4 Å². The summed E-state index contributed by atoms with van der Waals surface area (Å²) in [6, 6.07) is 5.38. The number of aromatic hydroxyl groups is 1. The average Bonchev–Trinajstić information content (AvgIpc) is 2.72. The Balaban J connectivity index is 1.91. The number of nitrogens with zero attached hydrogens (tertiary/aromatic N) is 1. The molecule has 0 spiro atoms. The number of aliphatic hydroxyl groups excluding tert-OH is 1. The second-order valence-electron chi connectivity index (χ2n) is 4.80. The van der Waals surface area contributed by atoms with Gasteiger partial charge in [-0.15, -0.1) is 0 Å². The molecule has 0 amide bonds. The molecule has 0 bridgehead atoms. The number of phenolic OH excluding ortho intramolecular Hbond substituents is 1. The van der Waals surface area contributed by atoms with Gasteiger partial charge in [-0.1, -0.05) is 6.07 Å². The largest absolute Gasteiger partial charge is 0.506 e. The third kappa shape index (κ3) is 3.11. The van der Waals surface area contributed by atoms with Crippen molar-refractivity contribution in [1.29, 1.82) is 0 Å². The van der Waals surface area contributed by atoms with Gasteiger partial charge in [-0.05, 0) is 43.0 Å². The molecule has 4 heteroatoms. The Kier molecular flexibility index (Phi) is 3.86. The maximum Gasteiger partial charge on any atom is 0.138 e. The second kappa shape index (κ2) is 5.38. The van der Waals surface area contributed by atoms with Crippen molar-refractivity contribution in [3.63, 3.8) is 0 Å². The zero-order chi connectivity index (χ0) is 12.3. The van der Waals surface area contributed by atoms with Crippen LogP contribution in [0, 0.1) is 5.92 Å². The Bertz CT molecular complexity index is 382. The van der Waals surface area contributed by atoms with E-state index >= 15 is 0 Å². The normalized spacial score (nSPS) is 20.9. The number of hydrogen-bond donors (Lipinski definition) is 3. The maximum atomic E-state index is 9.35. The molecule has 1 aromatic rings. The molecular formula is C13H20N2O2. The number of phenols is 1. The Morgan fingerprint density at radius 2 is 2.24 bits per heavy atom. The first-order valence-electron chi connectivity index (χ1n) is 6.09. The summed E-state index contributed by atoms with van der Waals surface area (Å²) in [7, 11) is 0. The van der Waals surface area contributed by atoms with Crippen LogP contribution >= 0.6 is 0 Å². The van der Waals surface area contributed by atoms with Crippen LogP contribution in [0.5, 0.6) is 5.75 Å². The Morgan fingerprint density at radius 3 is 2.94 bits per heavy atom. The van der Waals surface area contributed by atoms with Crippen molar-refractivity contribution >= 4 is 5.69 Å². The highest BCUT2D eigenvalue weighted by Gasteiger charge is 2.21. The fourth-order valence-corrected chi connectivity index (χ4v) is 2.44. The molecule has 4 N–H and O–H groups in total. The van der Waals surface area contributed by atoms with Crippen LogP contribution in [-0.4, -0.2) is 34.8 Å². The lowest BCUT2D eigenvalue weighted by Crippen LogP contribution is -2.20. The number of anilines is 1. The molecule has 1 heterocycles. The second-order valence-corrected chi connectivity index (χ2v) is 4.80. The first-order chi connectivity index (χ1) is 8.19. The molecule has 1 aliphatic heterocycles. The SMILES string of the molecule is Nc1cc(CN2CCC(CCO)C2)ccc1O. The van der Waals surface area contributed by atoms with Crippen molar-refractivity contribution < 1.29 is 10.2 Å². The van der Waals surface area contributed by atoms with Crippen LogP contribution in [0.4, 0.5) is 5.69 Å². The van der Waals surface area contributed by atoms with E-state index in [4.69, 9.17) is 10.8 Å². The summed E-state index contributed by atoms with van der Waals surface area (Å²) < 4.78 is 0. The molecule has 1 saturated heterocycles. The zero-order valence-corrected chi connectivity index (χ0v) is 9.97. The Labute approximate surface area is 102 Å². The predicted molar refractivity (Wildman–Crippen MR) is 67.6 cm³/mol. The van der Waals surface area contributed by atoms with Gasteiger partial charge in [-0.2, -0.15) is 0 Å². The number of benzene rings is 1. The molecule has 1 aromatic carbocycles. The van der Waals surface area contributed by atoms with Crippen molar-refractivity contribution in [3.05, 3.63) is 23.8 Å². The van der Waals surface area contributed by atoms with Crippen molar-refractivity contribution in [1.82, 2.24) is 4.90 Å². The van der Waals surface area contributed by atoms with E-state index in [2.05, 4.69) is 4.90 Å². The van der Waals surface area contributed by atoms with Gasteiger partial charge in [0.15, 0.2) is 0 Å². The predicted octanol–water partition coefficient (Wildman–Crippen LogP) is 1.18. The van der Waals surface area contributed by atoms with Crippen LogP contribution < -0.4 is 5.73 Å². The van der Waals surface area contributed by atoms with Gasteiger partial charge in [-0.25, -0.2) is 0 Å². The number of hydrogen-bond acceptors (Lipinski definition) is 4. The summed E-state index contributed by atoms with van der Waals surface area (Å²) in [6.45, 7) is 3.27. The molecule has 4 nitrogen and oxygen atoms in total. The highest BCUT2D eigenvalue weighted by Crippen LogP contribution is 2.24. The first-order valence-corrected chi connectivity index (χ1v) is 6.09. The summed E-state index contributed by atoms with van der Waals surface area (Å²) in [5.74, 6) is 0.766. The Hall–Kier alpha value is -1.26. The van der Waals surface area contributed by atoms with E-state index in [1.807, 2.05) is 12.1 Å². The molecule has 1 aliphatic rings. The van der Waals surface area contributed by atoms with E-state index in [0.717, 1.165) is 38.0 Å². The van der Waals surface area contributed by atoms with Gasteiger partial charge in [0.25, 0.3) is 0 Å². The van der Waals surface area contributed by atoms with Crippen LogP contribution in [0.25, 0.3) is 0 Å². The van der Waals surface area contributed by atoms with Crippen molar-refractivity contribution in [2.45, 2.75) is 19.4 Å². The van der Waals surface area contributed by atoms with Crippen LogP contribution in [0.1, 0.15) is 18.4 Å². The van der Waals surface area contributed by atoms with E-state index in [1.165, 1.54) is 0 Å². The van der Waals surface area contributed by atoms with Crippen molar-refractivity contribution in [2.24, 2.45) is 5.92 Å². The number of rotatable bonds is 4. The molecule has 17 heavy (non-hydrogen) atoms. The molecule has 2 rings (SSSR count). The minimum atomic E-state index is 0.147. The summed E-state index contributed by atoms with van der Waals surface area (Å²) in [5.41, 5.74) is 7.24. The molecule has 94 valence electrons. The number of aliphatic hydroxyl groups is 1.